The van der Waals surface area contributed by atoms with E-state index in [1.54, 1.807) is 0 Å². The molecule has 3 nitrogen and oxygen atoms in total. The van der Waals surface area contributed by atoms with Crippen LogP contribution in [-0.4, -0.2) is 9.55 Å². The van der Waals surface area contributed by atoms with Crippen molar-refractivity contribution in [3.05, 3.63) is 188 Å². The third-order valence-electron chi connectivity index (χ3n) is 11.6. The van der Waals surface area contributed by atoms with Crippen LogP contribution in [0.15, 0.2) is 188 Å². The molecule has 0 amide bonds. The Bertz CT molecular complexity index is 3400. The molecular formula is C51H31N2OPS. The summed E-state index contributed by atoms with van der Waals surface area (Å²) in [5, 5.41) is 9.78. The molecule has 0 saturated heterocycles. The second-order valence-corrected chi connectivity index (χ2v) is 18.4. The number of fused-ring (bicyclic) bond motifs is 7. The summed E-state index contributed by atoms with van der Waals surface area (Å²) >= 11 is 1.85. The molecule has 11 aromatic rings. The van der Waals surface area contributed by atoms with Crippen LogP contribution in [0.5, 0.6) is 0 Å². The maximum Gasteiger partial charge on any atom is 0.175 e. The molecule has 0 radical (unpaired) electrons. The van der Waals surface area contributed by atoms with E-state index in [0.29, 0.717) is 0 Å². The largest absolute Gasteiger partial charge is 0.308 e. The van der Waals surface area contributed by atoms with Gasteiger partial charge in [0.25, 0.3) is 0 Å². The van der Waals surface area contributed by atoms with Crippen LogP contribution in [0.2, 0.25) is 0 Å². The van der Waals surface area contributed by atoms with Gasteiger partial charge >= 0.3 is 0 Å². The molecule has 1 atom stereocenters. The highest BCUT2D eigenvalue weighted by atomic mass is 32.1. The number of thiophene rings is 1. The van der Waals surface area contributed by atoms with Crippen LogP contribution in [0.25, 0.3) is 92.1 Å². The Kier molecular flexibility index (Phi) is 6.78. The van der Waals surface area contributed by atoms with Crippen molar-refractivity contribution in [2.45, 2.75) is 0 Å². The molecule has 0 fully saturated rings. The van der Waals surface area contributed by atoms with Crippen molar-refractivity contribution >= 4 is 87.1 Å². The molecule has 0 N–H and O–H groups in total. The summed E-state index contributed by atoms with van der Waals surface area (Å²) in [4.78, 5) is 5.19. The molecule has 1 aliphatic rings. The molecule has 2 aromatic heterocycles. The SMILES string of the molecule is O=P1(c2ccccc2)c2cc(-c3c4ccccc4c(-c4ccc5c(c4)sc4ccccc45)c4ccccc34)ccc2-n2c(-c3ccccc3)nc3cccc1c32. The average molecular weight is 751 g/mol. The smallest absolute Gasteiger partial charge is 0.175 e. The van der Waals surface area contributed by atoms with Crippen molar-refractivity contribution in [3.8, 4) is 39.3 Å². The Morgan fingerprint density at radius 3 is 1.71 bits per heavy atom. The summed E-state index contributed by atoms with van der Waals surface area (Å²) in [5.41, 5.74) is 8.29. The topological polar surface area (TPSA) is 34.9 Å². The number of rotatable bonds is 4. The van der Waals surface area contributed by atoms with Crippen molar-refractivity contribution in [2.24, 2.45) is 0 Å². The standard InChI is InChI=1S/C51H31N2OPS/c54-55(35-16-5-2-6-17-35)44-24-13-23-42-50(44)53(51(52-42)32-14-3-1-4-15-32)43-29-27-33(30-45(43)55)48-38-19-7-9-21-40(38)49(41-22-10-8-20-39(41)48)34-26-28-37-36-18-11-12-25-46(36)56-47(37)31-34/h1-31H. The Morgan fingerprint density at radius 2 is 1.02 bits per heavy atom. The van der Waals surface area contributed by atoms with E-state index < -0.39 is 7.14 Å². The van der Waals surface area contributed by atoms with Gasteiger partial charge in [-0.05, 0) is 80.2 Å². The molecule has 0 spiro atoms. The van der Waals surface area contributed by atoms with E-state index in [4.69, 9.17) is 4.98 Å². The zero-order valence-electron chi connectivity index (χ0n) is 30.1. The number of para-hydroxylation sites is 1. The summed E-state index contributed by atoms with van der Waals surface area (Å²) in [5.74, 6) is 0.845. The molecule has 1 unspecified atom stereocenters. The highest BCUT2D eigenvalue weighted by molar-refractivity contribution is 7.86. The van der Waals surface area contributed by atoms with E-state index in [1.807, 2.05) is 78.1 Å². The predicted octanol–water partition coefficient (Wildman–Crippen LogP) is 12.7. The minimum Gasteiger partial charge on any atom is -0.308 e. The second kappa shape index (κ2) is 12.0. The normalized spacial score (nSPS) is 14.9. The van der Waals surface area contributed by atoms with Gasteiger partial charge in [-0.2, -0.15) is 0 Å². The van der Waals surface area contributed by atoms with Crippen molar-refractivity contribution in [1.29, 1.82) is 0 Å². The first-order valence-corrected chi connectivity index (χ1v) is 21.4. The Labute approximate surface area is 327 Å². The summed E-state index contributed by atoms with van der Waals surface area (Å²) in [6, 6.07) is 66.3. The van der Waals surface area contributed by atoms with Crippen molar-refractivity contribution in [3.63, 3.8) is 0 Å². The Morgan fingerprint density at radius 1 is 0.446 bits per heavy atom. The molecule has 0 bridgehead atoms. The number of hydrogen-bond donors (Lipinski definition) is 0. The molecular weight excluding hydrogens is 720 g/mol. The van der Waals surface area contributed by atoms with Crippen LogP contribution in [0.4, 0.5) is 0 Å². The van der Waals surface area contributed by atoms with Crippen LogP contribution in [-0.2, 0) is 4.57 Å². The van der Waals surface area contributed by atoms with Gasteiger partial charge in [-0.25, -0.2) is 4.98 Å². The van der Waals surface area contributed by atoms with Gasteiger partial charge in [0.05, 0.1) is 16.7 Å². The van der Waals surface area contributed by atoms with Crippen LogP contribution in [0, 0.1) is 0 Å². The number of benzene rings is 9. The summed E-state index contributed by atoms with van der Waals surface area (Å²) in [6.45, 7) is 0. The van der Waals surface area contributed by atoms with E-state index in [0.717, 1.165) is 55.1 Å². The fourth-order valence-corrected chi connectivity index (χ4v) is 13.4. The quantitative estimate of drug-likeness (QED) is 0.133. The zero-order valence-corrected chi connectivity index (χ0v) is 31.8. The lowest BCUT2D eigenvalue weighted by atomic mass is 9.86. The number of aromatic nitrogens is 2. The molecule has 9 aromatic carbocycles. The predicted molar refractivity (Wildman–Crippen MR) is 238 cm³/mol. The Balaban J connectivity index is 1.15. The average Bonchev–Trinajstić information content (AvgIpc) is 3.84. The minimum absolute atomic E-state index is 0.821. The lowest BCUT2D eigenvalue weighted by Gasteiger charge is -2.30. The zero-order chi connectivity index (χ0) is 37.0. The van der Waals surface area contributed by atoms with Gasteiger partial charge in [0.1, 0.15) is 5.82 Å². The van der Waals surface area contributed by atoms with Gasteiger partial charge in [0.15, 0.2) is 7.14 Å². The third-order valence-corrected chi connectivity index (χ3v) is 15.8. The van der Waals surface area contributed by atoms with Gasteiger partial charge in [0.2, 0.25) is 0 Å². The van der Waals surface area contributed by atoms with Gasteiger partial charge in [-0.1, -0.05) is 152 Å². The van der Waals surface area contributed by atoms with E-state index >= 15 is 4.57 Å². The van der Waals surface area contributed by atoms with Crippen LogP contribution >= 0.6 is 18.5 Å². The molecule has 5 heteroatoms. The first-order valence-electron chi connectivity index (χ1n) is 18.9. The monoisotopic (exact) mass is 750 g/mol. The van der Waals surface area contributed by atoms with E-state index in [2.05, 4.69) is 126 Å². The summed E-state index contributed by atoms with van der Waals surface area (Å²) < 4.78 is 21.1. The van der Waals surface area contributed by atoms with E-state index in [-0.39, 0.29) is 0 Å². The fourth-order valence-electron chi connectivity index (χ4n) is 9.18. The van der Waals surface area contributed by atoms with Crippen molar-refractivity contribution < 1.29 is 4.57 Å². The fraction of sp³-hybridized carbons (Fsp3) is 0. The lowest BCUT2D eigenvalue weighted by molar-refractivity contribution is 0.592. The van der Waals surface area contributed by atoms with Gasteiger partial charge < -0.3 is 4.57 Å². The molecule has 56 heavy (non-hydrogen) atoms. The van der Waals surface area contributed by atoms with Crippen LogP contribution in [0.3, 0.4) is 0 Å². The molecule has 3 heterocycles. The van der Waals surface area contributed by atoms with Gasteiger partial charge in [0, 0.05) is 41.6 Å². The Hall–Kier alpha value is -6.58. The van der Waals surface area contributed by atoms with E-state index in [1.165, 1.54) is 52.8 Å². The highest BCUT2D eigenvalue weighted by Gasteiger charge is 2.40. The highest BCUT2D eigenvalue weighted by Crippen LogP contribution is 2.52. The molecule has 12 rings (SSSR count). The van der Waals surface area contributed by atoms with E-state index in [9.17, 15) is 0 Å². The minimum atomic E-state index is -3.36. The molecule has 0 aliphatic carbocycles. The first-order chi connectivity index (χ1) is 27.7. The van der Waals surface area contributed by atoms with Crippen LogP contribution in [0.1, 0.15) is 0 Å². The maximum absolute atomic E-state index is 16.3. The van der Waals surface area contributed by atoms with Crippen molar-refractivity contribution in [1.82, 2.24) is 9.55 Å². The molecule has 262 valence electrons. The van der Waals surface area contributed by atoms with Gasteiger partial charge in [-0.15, -0.1) is 11.3 Å². The summed E-state index contributed by atoms with van der Waals surface area (Å²) in [7, 11) is -3.36. The third kappa shape index (κ3) is 4.40. The number of hydrogen-bond acceptors (Lipinski definition) is 3. The number of imidazole rings is 1. The second-order valence-electron chi connectivity index (χ2n) is 14.6. The maximum atomic E-state index is 16.3. The van der Waals surface area contributed by atoms with Crippen molar-refractivity contribution in [2.75, 3.05) is 0 Å². The lowest BCUT2D eigenvalue weighted by Crippen LogP contribution is -2.33. The van der Waals surface area contributed by atoms with Gasteiger partial charge in [-0.3, -0.25) is 4.57 Å². The summed E-state index contributed by atoms with van der Waals surface area (Å²) in [6.07, 6.45) is 0. The molecule has 0 saturated carbocycles. The van der Waals surface area contributed by atoms with Crippen LogP contribution < -0.4 is 15.9 Å². The first kappa shape index (κ1) is 31.7. The molecule has 1 aliphatic heterocycles. The number of nitrogens with zero attached hydrogens (tertiary/aromatic N) is 2.